The van der Waals surface area contributed by atoms with Gasteiger partial charge in [0.05, 0.1) is 20.6 Å². The smallest absolute Gasteiger partial charge is 0.227 e. The van der Waals surface area contributed by atoms with Crippen LogP contribution in [0.15, 0.2) is 18.2 Å². The summed E-state index contributed by atoms with van der Waals surface area (Å²) >= 11 is 0. The summed E-state index contributed by atoms with van der Waals surface area (Å²) < 4.78 is 10.6. The lowest BCUT2D eigenvalue weighted by Gasteiger charge is -2.35. The van der Waals surface area contributed by atoms with Gasteiger partial charge in [0.2, 0.25) is 11.8 Å². The Morgan fingerprint density at radius 1 is 1.00 bits per heavy atom. The van der Waals surface area contributed by atoms with Gasteiger partial charge in [-0.3, -0.25) is 9.59 Å². The van der Waals surface area contributed by atoms with Crippen molar-refractivity contribution in [2.45, 2.75) is 26.7 Å². The topological polar surface area (TPSA) is 59.1 Å². The number of hydrogen-bond acceptors (Lipinski definition) is 4. The van der Waals surface area contributed by atoms with Crippen LogP contribution in [0.25, 0.3) is 0 Å². The summed E-state index contributed by atoms with van der Waals surface area (Å²) in [4.78, 5) is 28.4. The lowest BCUT2D eigenvalue weighted by Crippen LogP contribution is -2.51. The number of carbonyl (C=O) groups is 2. The number of rotatable bonds is 6. The predicted octanol–water partition coefficient (Wildman–Crippen LogP) is 1.96. The van der Waals surface area contributed by atoms with Crippen LogP contribution in [-0.2, 0) is 16.0 Å². The van der Waals surface area contributed by atoms with E-state index < -0.39 is 0 Å². The molecule has 0 saturated carbocycles. The second kappa shape index (κ2) is 8.74. The highest BCUT2D eigenvalue weighted by molar-refractivity contribution is 5.81. The molecule has 0 atom stereocenters. The van der Waals surface area contributed by atoms with Crippen molar-refractivity contribution in [2.24, 2.45) is 5.92 Å². The molecular weight excluding hydrogens is 320 g/mol. The lowest BCUT2D eigenvalue weighted by molar-refractivity contribution is -0.139. The van der Waals surface area contributed by atoms with E-state index in [4.69, 9.17) is 9.47 Å². The molecule has 1 aliphatic heterocycles. The summed E-state index contributed by atoms with van der Waals surface area (Å²) in [5, 5.41) is 0. The molecule has 1 aliphatic rings. The highest BCUT2D eigenvalue weighted by atomic mass is 16.5. The second-order valence-electron chi connectivity index (χ2n) is 6.71. The SMILES string of the molecule is COc1ccc(OC)c(CC(=O)N2CCN(C(=O)CC(C)C)CC2)c1. The summed E-state index contributed by atoms with van der Waals surface area (Å²) in [6, 6.07) is 5.45. The van der Waals surface area contributed by atoms with Crippen molar-refractivity contribution >= 4 is 11.8 Å². The Bertz CT molecular complexity index is 607. The van der Waals surface area contributed by atoms with E-state index in [1.165, 1.54) is 0 Å². The average Bonchev–Trinajstić information content (AvgIpc) is 2.61. The largest absolute Gasteiger partial charge is 0.497 e. The molecule has 2 amide bonds. The standard InChI is InChI=1S/C19H28N2O4/c1-14(2)11-18(22)20-7-9-21(10-8-20)19(23)13-15-12-16(24-3)5-6-17(15)25-4/h5-6,12,14H,7-11,13H2,1-4H3. The third-order valence-corrected chi connectivity index (χ3v) is 4.40. The Hall–Kier alpha value is -2.24. The van der Waals surface area contributed by atoms with E-state index >= 15 is 0 Å². The van der Waals surface area contributed by atoms with E-state index in [0.717, 1.165) is 5.56 Å². The molecule has 6 nitrogen and oxygen atoms in total. The lowest BCUT2D eigenvalue weighted by atomic mass is 10.1. The van der Waals surface area contributed by atoms with Crippen LogP contribution in [0.2, 0.25) is 0 Å². The molecular formula is C19H28N2O4. The molecule has 0 bridgehead atoms. The summed E-state index contributed by atoms with van der Waals surface area (Å²) in [6.45, 7) is 6.45. The van der Waals surface area contributed by atoms with Crippen molar-refractivity contribution in [1.29, 1.82) is 0 Å². The summed E-state index contributed by atoms with van der Waals surface area (Å²) in [5.74, 6) is 1.96. The monoisotopic (exact) mass is 348 g/mol. The number of ether oxygens (including phenoxy) is 2. The van der Waals surface area contributed by atoms with Gasteiger partial charge in [0.15, 0.2) is 0 Å². The Labute approximate surface area is 149 Å². The number of piperazine rings is 1. The Kier molecular flexibility index (Phi) is 6.67. The number of nitrogens with zero attached hydrogens (tertiary/aromatic N) is 2. The first kappa shape index (κ1) is 19.1. The zero-order valence-corrected chi connectivity index (χ0v) is 15.6. The molecule has 138 valence electrons. The van der Waals surface area contributed by atoms with Crippen LogP contribution in [0.5, 0.6) is 11.5 Å². The van der Waals surface area contributed by atoms with E-state index in [9.17, 15) is 9.59 Å². The molecule has 0 aliphatic carbocycles. The maximum atomic E-state index is 12.6. The number of carbonyl (C=O) groups excluding carboxylic acids is 2. The Balaban J connectivity index is 1.94. The van der Waals surface area contributed by atoms with Crippen molar-refractivity contribution in [2.75, 3.05) is 40.4 Å². The molecule has 0 unspecified atom stereocenters. The fraction of sp³-hybridized carbons (Fsp3) is 0.579. The molecule has 1 fully saturated rings. The van der Waals surface area contributed by atoms with Gasteiger partial charge in [-0.1, -0.05) is 13.8 Å². The maximum absolute atomic E-state index is 12.6. The number of methoxy groups -OCH3 is 2. The highest BCUT2D eigenvalue weighted by Gasteiger charge is 2.25. The molecule has 0 spiro atoms. The van der Waals surface area contributed by atoms with Crippen molar-refractivity contribution < 1.29 is 19.1 Å². The summed E-state index contributed by atoms with van der Waals surface area (Å²) in [5.41, 5.74) is 0.810. The minimum Gasteiger partial charge on any atom is -0.497 e. The predicted molar refractivity (Wildman–Crippen MR) is 95.9 cm³/mol. The third-order valence-electron chi connectivity index (χ3n) is 4.40. The van der Waals surface area contributed by atoms with Crippen molar-refractivity contribution in [3.63, 3.8) is 0 Å². The molecule has 0 aromatic heterocycles. The molecule has 6 heteroatoms. The van der Waals surface area contributed by atoms with Gasteiger partial charge in [0.25, 0.3) is 0 Å². The third kappa shape index (κ3) is 5.11. The van der Waals surface area contributed by atoms with Gasteiger partial charge < -0.3 is 19.3 Å². The van der Waals surface area contributed by atoms with Crippen LogP contribution in [-0.4, -0.2) is 62.0 Å². The van der Waals surface area contributed by atoms with Crippen LogP contribution in [0, 0.1) is 5.92 Å². The highest BCUT2D eigenvalue weighted by Crippen LogP contribution is 2.25. The van der Waals surface area contributed by atoms with Crippen molar-refractivity contribution in [3.05, 3.63) is 23.8 Å². The van der Waals surface area contributed by atoms with E-state index in [0.29, 0.717) is 50.0 Å². The van der Waals surface area contributed by atoms with E-state index in [1.54, 1.807) is 14.2 Å². The zero-order valence-electron chi connectivity index (χ0n) is 15.6. The molecule has 1 aromatic carbocycles. The molecule has 2 rings (SSSR count). The van der Waals surface area contributed by atoms with Crippen LogP contribution in [0.4, 0.5) is 0 Å². The van der Waals surface area contributed by atoms with Gasteiger partial charge >= 0.3 is 0 Å². The maximum Gasteiger partial charge on any atom is 0.227 e. The first-order valence-corrected chi connectivity index (χ1v) is 8.71. The van der Waals surface area contributed by atoms with Gasteiger partial charge in [-0.15, -0.1) is 0 Å². The van der Waals surface area contributed by atoms with E-state index in [-0.39, 0.29) is 18.2 Å². The summed E-state index contributed by atoms with van der Waals surface area (Å²) in [7, 11) is 3.19. The van der Waals surface area contributed by atoms with E-state index in [1.807, 2.05) is 41.8 Å². The van der Waals surface area contributed by atoms with Gasteiger partial charge in [-0.25, -0.2) is 0 Å². The van der Waals surface area contributed by atoms with E-state index in [2.05, 4.69) is 0 Å². The van der Waals surface area contributed by atoms with Gasteiger partial charge in [0.1, 0.15) is 11.5 Å². The van der Waals surface area contributed by atoms with Crippen LogP contribution in [0.3, 0.4) is 0 Å². The number of hydrogen-bond donors (Lipinski definition) is 0. The molecule has 25 heavy (non-hydrogen) atoms. The van der Waals surface area contributed by atoms with Crippen molar-refractivity contribution in [3.8, 4) is 11.5 Å². The molecule has 0 N–H and O–H groups in total. The van der Waals surface area contributed by atoms with Gasteiger partial charge in [-0.2, -0.15) is 0 Å². The van der Waals surface area contributed by atoms with Gasteiger partial charge in [0, 0.05) is 38.2 Å². The first-order chi connectivity index (χ1) is 11.9. The minimum absolute atomic E-state index is 0.0440. The average molecular weight is 348 g/mol. The van der Waals surface area contributed by atoms with Crippen molar-refractivity contribution in [1.82, 2.24) is 9.80 Å². The van der Waals surface area contributed by atoms with Crippen LogP contribution in [0.1, 0.15) is 25.8 Å². The quantitative estimate of drug-likeness (QED) is 0.789. The number of benzene rings is 1. The normalized spacial score (nSPS) is 14.6. The van der Waals surface area contributed by atoms with Crippen LogP contribution < -0.4 is 9.47 Å². The Morgan fingerprint density at radius 2 is 1.60 bits per heavy atom. The summed E-state index contributed by atoms with van der Waals surface area (Å²) in [6.07, 6.45) is 0.829. The molecule has 1 saturated heterocycles. The first-order valence-electron chi connectivity index (χ1n) is 8.71. The fourth-order valence-electron chi connectivity index (χ4n) is 2.98. The Morgan fingerprint density at radius 3 is 2.12 bits per heavy atom. The second-order valence-corrected chi connectivity index (χ2v) is 6.71. The minimum atomic E-state index is 0.0440. The zero-order chi connectivity index (χ0) is 18.4. The van der Waals surface area contributed by atoms with Crippen LogP contribution >= 0.6 is 0 Å². The number of amides is 2. The molecule has 1 aromatic rings. The fourth-order valence-corrected chi connectivity index (χ4v) is 2.98. The molecule has 1 heterocycles. The van der Waals surface area contributed by atoms with Gasteiger partial charge in [-0.05, 0) is 24.1 Å². The molecule has 0 radical (unpaired) electrons.